The fourth-order valence-corrected chi connectivity index (χ4v) is 2.35. The van der Waals surface area contributed by atoms with Crippen LogP contribution in [0.2, 0.25) is 10.0 Å². The van der Waals surface area contributed by atoms with Crippen LogP contribution in [0, 0.1) is 0 Å². The number of anilines is 1. The van der Waals surface area contributed by atoms with Gasteiger partial charge in [0.25, 0.3) is 0 Å². The molecule has 1 aliphatic heterocycles. The molecule has 0 saturated carbocycles. The molecule has 1 amide bonds. The molecule has 102 valence electrons. The lowest BCUT2D eigenvalue weighted by Crippen LogP contribution is -2.19. The molecule has 0 aromatic heterocycles. The number of nitrogens with two attached hydrogens (primary N) is 1. The second kappa shape index (κ2) is 4.98. The van der Waals surface area contributed by atoms with Crippen molar-refractivity contribution in [3.8, 4) is 11.5 Å². The molecule has 1 aliphatic rings. The summed E-state index contributed by atoms with van der Waals surface area (Å²) in [5, 5.41) is 3.46. The molecule has 0 radical (unpaired) electrons. The zero-order chi connectivity index (χ0) is 14.3. The molecule has 1 atom stereocenters. The van der Waals surface area contributed by atoms with Crippen LogP contribution in [0.15, 0.2) is 36.4 Å². The van der Waals surface area contributed by atoms with Gasteiger partial charge in [0.1, 0.15) is 22.6 Å². The number of carbonyl (C=O) groups is 1. The minimum atomic E-state index is -0.631. The maximum absolute atomic E-state index is 11.5. The summed E-state index contributed by atoms with van der Waals surface area (Å²) < 4.78 is 5.68. The molecule has 1 unspecified atom stereocenters. The summed E-state index contributed by atoms with van der Waals surface area (Å²) in [6, 6.07) is 9.70. The molecule has 3 rings (SSSR count). The smallest absolute Gasteiger partial charge is 0.245 e. The molecule has 0 fully saturated rings. The summed E-state index contributed by atoms with van der Waals surface area (Å²) in [4.78, 5) is 11.5. The first-order valence-electron chi connectivity index (χ1n) is 5.88. The van der Waals surface area contributed by atoms with Crippen LogP contribution in [-0.4, -0.2) is 5.91 Å². The van der Waals surface area contributed by atoms with Crippen LogP contribution in [0.5, 0.6) is 11.5 Å². The second-order valence-electron chi connectivity index (χ2n) is 4.37. The largest absolute Gasteiger partial charge is 0.456 e. The van der Waals surface area contributed by atoms with Gasteiger partial charge in [-0.2, -0.15) is 0 Å². The minimum Gasteiger partial charge on any atom is -0.456 e. The van der Waals surface area contributed by atoms with E-state index >= 15 is 0 Å². The van der Waals surface area contributed by atoms with Crippen LogP contribution in [0.4, 0.5) is 5.69 Å². The van der Waals surface area contributed by atoms with E-state index in [1.54, 1.807) is 36.4 Å². The Morgan fingerprint density at radius 3 is 2.80 bits per heavy atom. The zero-order valence-corrected chi connectivity index (χ0v) is 11.7. The van der Waals surface area contributed by atoms with Crippen molar-refractivity contribution in [2.75, 3.05) is 5.32 Å². The SMILES string of the molecule is NC1C(=O)Nc2cc(Oc3cccc(Cl)c3Cl)ccc21. The van der Waals surface area contributed by atoms with Crippen molar-refractivity contribution in [3.05, 3.63) is 52.0 Å². The lowest BCUT2D eigenvalue weighted by molar-refractivity contribution is -0.116. The highest BCUT2D eigenvalue weighted by Crippen LogP contribution is 2.37. The van der Waals surface area contributed by atoms with Gasteiger partial charge in [-0.1, -0.05) is 35.3 Å². The van der Waals surface area contributed by atoms with Crippen molar-refractivity contribution in [2.45, 2.75) is 6.04 Å². The fraction of sp³-hybridized carbons (Fsp3) is 0.0714. The van der Waals surface area contributed by atoms with Crippen molar-refractivity contribution in [3.63, 3.8) is 0 Å². The highest BCUT2D eigenvalue weighted by molar-refractivity contribution is 6.42. The van der Waals surface area contributed by atoms with E-state index in [1.807, 2.05) is 0 Å². The Bertz CT molecular complexity index is 704. The van der Waals surface area contributed by atoms with Crippen LogP contribution in [0.3, 0.4) is 0 Å². The number of hydrogen-bond donors (Lipinski definition) is 2. The van der Waals surface area contributed by atoms with Crippen LogP contribution < -0.4 is 15.8 Å². The van der Waals surface area contributed by atoms with Gasteiger partial charge >= 0.3 is 0 Å². The predicted octanol–water partition coefficient (Wildman–Crippen LogP) is 3.74. The van der Waals surface area contributed by atoms with E-state index in [0.717, 1.165) is 5.56 Å². The summed E-state index contributed by atoms with van der Waals surface area (Å²) in [6.45, 7) is 0. The minimum absolute atomic E-state index is 0.224. The normalized spacial score (nSPS) is 16.8. The maximum atomic E-state index is 11.5. The number of carbonyl (C=O) groups excluding carboxylic acids is 1. The Morgan fingerprint density at radius 1 is 1.20 bits per heavy atom. The highest BCUT2D eigenvalue weighted by Gasteiger charge is 2.27. The fourth-order valence-electron chi connectivity index (χ4n) is 2.02. The number of benzene rings is 2. The van der Waals surface area contributed by atoms with Crippen LogP contribution in [0.25, 0.3) is 0 Å². The monoisotopic (exact) mass is 308 g/mol. The number of nitrogens with one attached hydrogen (secondary N) is 1. The Labute approximate surface area is 125 Å². The van der Waals surface area contributed by atoms with Gasteiger partial charge in [-0.15, -0.1) is 0 Å². The third-order valence-electron chi connectivity index (χ3n) is 3.04. The third-order valence-corrected chi connectivity index (χ3v) is 3.85. The quantitative estimate of drug-likeness (QED) is 0.888. The number of rotatable bonds is 2. The molecule has 0 spiro atoms. The molecule has 2 aromatic rings. The number of halogens is 2. The van der Waals surface area contributed by atoms with E-state index in [4.69, 9.17) is 33.7 Å². The zero-order valence-electron chi connectivity index (χ0n) is 10.2. The molecule has 0 saturated heterocycles. The molecule has 0 bridgehead atoms. The summed E-state index contributed by atoms with van der Waals surface area (Å²) in [5.41, 5.74) is 7.15. The van der Waals surface area contributed by atoms with Crippen molar-refractivity contribution in [1.29, 1.82) is 0 Å². The second-order valence-corrected chi connectivity index (χ2v) is 5.16. The molecule has 20 heavy (non-hydrogen) atoms. The van der Waals surface area contributed by atoms with Crippen LogP contribution in [0.1, 0.15) is 11.6 Å². The number of fused-ring (bicyclic) bond motifs is 1. The van der Waals surface area contributed by atoms with E-state index < -0.39 is 6.04 Å². The number of hydrogen-bond acceptors (Lipinski definition) is 3. The van der Waals surface area contributed by atoms with E-state index in [0.29, 0.717) is 27.2 Å². The summed E-state index contributed by atoms with van der Waals surface area (Å²) >= 11 is 12.0. The Kier molecular flexibility index (Phi) is 3.30. The van der Waals surface area contributed by atoms with Gasteiger partial charge < -0.3 is 15.8 Å². The third kappa shape index (κ3) is 2.22. The topological polar surface area (TPSA) is 64.4 Å². The van der Waals surface area contributed by atoms with Crippen LogP contribution in [-0.2, 0) is 4.79 Å². The lowest BCUT2D eigenvalue weighted by atomic mass is 10.1. The van der Waals surface area contributed by atoms with Gasteiger partial charge in [0.2, 0.25) is 5.91 Å². The molecule has 6 heteroatoms. The number of ether oxygens (including phenoxy) is 1. The van der Waals surface area contributed by atoms with Crippen molar-refractivity contribution < 1.29 is 9.53 Å². The first kappa shape index (κ1) is 13.2. The summed E-state index contributed by atoms with van der Waals surface area (Å²) in [6.07, 6.45) is 0. The first-order chi connectivity index (χ1) is 9.56. The molecule has 2 aromatic carbocycles. The Morgan fingerprint density at radius 2 is 2.00 bits per heavy atom. The first-order valence-corrected chi connectivity index (χ1v) is 6.64. The van der Waals surface area contributed by atoms with Gasteiger partial charge in [-0.25, -0.2) is 0 Å². The molecule has 0 aliphatic carbocycles. The van der Waals surface area contributed by atoms with Gasteiger partial charge in [0.15, 0.2) is 0 Å². The average Bonchev–Trinajstić information content (AvgIpc) is 2.70. The maximum Gasteiger partial charge on any atom is 0.245 e. The Balaban J connectivity index is 1.92. The molecule has 3 N–H and O–H groups in total. The van der Waals surface area contributed by atoms with Crippen molar-refractivity contribution >= 4 is 34.8 Å². The van der Waals surface area contributed by atoms with Crippen LogP contribution >= 0.6 is 23.2 Å². The van der Waals surface area contributed by atoms with Crippen molar-refractivity contribution in [1.82, 2.24) is 0 Å². The molecular formula is C14H10Cl2N2O2. The van der Waals surface area contributed by atoms with Gasteiger partial charge in [0, 0.05) is 17.3 Å². The molecule has 1 heterocycles. The Hall–Kier alpha value is -1.75. The van der Waals surface area contributed by atoms with Gasteiger partial charge in [-0.3, -0.25) is 4.79 Å². The summed E-state index contributed by atoms with van der Waals surface area (Å²) in [7, 11) is 0. The van der Waals surface area contributed by atoms with E-state index in [2.05, 4.69) is 5.32 Å². The molecule has 4 nitrogen and oxygen atoms in total. The highest BCUT2D eigenvalue weighted by atomic mass is 35.5. The average molecular weight is 309 g/mol. The predicted molar refractivity (Wildman–Crippen MR) is 78.5 cm³/mol. The standard InChI is InChI=1S/C14H10Cl2N2O2/c15-9-2-1-3-11(12(9)16)20-7-4-5-8-10(6-7)18-14(19)13(8)17/h1-6,13H,17H2,(H,18,19). The number of amides is 1. The lowest BCUT2D eigenvalue weighted by Gasteiger charge is -2.10. The van der Waals surface area contributed by atoms with E-state index in [1.165, 1.54) is 0 Å². The molecular weight excluding hydrogens is 299 g/mol. The van der Waals surface area contributed by atoms with Crippen molar-refractivity contribution in [2.24, 2.45) is 5.73 Å². The van der Waals surface area contributed by atoms with E-state index in [9.17, 15) is 4.79 Å². The van der Waals surface area contributed by atoms with Gasteiger partial charge in [0.05, 0.1) is 5.02 Å². The van der Waals surface area contributed by atoms with Gasteiger partial charge in [-0.05, 0) is 18.2 Å². The van der Waals surface area contributed by atoms with E-state index in [-0.39, 0.29) is 5.91 Å². The summed E-state index contributed by atoms with van der Waals surface area (Å²) in [5.74, 6) is 0.771.